The largest absolute Gasteiger partial charge is 0.458 e. The van der Waals surface area contributed by atoms with Crippen molar-refractivity contribution in [3.8, 4) is 0 Å². The van der Waals surface area contributed by atoms with E-state index in [0.717, 1.165) is 30.0 Å². The molecule has 0 unspecified atom stereocenters. The van der Waals surface area contributed by atoms with Crippen LogP contribution in [0.5, 0.6) is 0 Å². The number of rotatable bonds is 2. The minimum Gasteiger partial charge on any atom is -0.458 e. The SMILES string of the molecule is CC1=CC[C@@H](C=Cc2csc(C)n2)OC(=O)C[C@H](O)C(C)(C)C(=O)[C@H](C)[C@@H](O)[C@@H](C)CCC1. The Balaban J connectivity index is 2.27. The number of esters is 1. The lowest BCUT2D eigenvalue weighted by molar-refractivity contribution is -0.153. The third kappa shape index (κ3) is 7.87. The van der Waals surface area contributed by atoms with Crippen molar-refractivity contribution in [1.82, 2.24) is 4.98 Å². The predicted octanol–water partition coefficient (Wildman–Crippen LogP) is 4.88. The summed E-state index contributed by atoms with van der Waals surface area (Å²) in [7, 11) is 0. The van der Waals surface area contributed by atoms with Crippen LogP contribution in [0.1, 0.15) is 77.4 Å². The van der Waals surface area contributed by atoms with Gasteiger partial charge in [0.1, 0.15) is 11.9 Å². The maximum absolute atomic E-state index is 13.1. The summed E-state index contributed by atoms with van der Waals surface area (Å²) in [5.74, 6) is -1.49. The second-order valence-corrected chi connectivity index (χ2v) is 11.0. The molecule has 0 aliphatic carbocycles. The molecule has 0 bridgehead atoms. The molecule has 33 heavy (non-hydrogen) atoms. The summed E-state index contributed by atoms with van der Waals surface area (Å²) in [6, 6.07) is 0. The Hall–Kier alpha value is -1.83. The van der Waals surface area contributed by atoms with Gasteiger partial charge in [-0.1, -0.05) is 39.3 Å². The Bertz CT molecular complexity index is 872. The van der Waals surface area contributed by atoms with Gasteiger partial charge < -0.3 is 14.9 Å². The maximum atomic E-state index is 13.1. The molecule has 0 radical (unpaired) electrons. The lowest BCUT2D eigenvalue weighted by Gasteiger charge is -2.34. The van der Waals surface area contributed by atoms with Crippen LogP contribution in [0.15, 0.2) is 23.1 Å². The van der Waals surface area contributed by atoms with Gasteiger partial charge in [-0.3, -0.25) is 9.59 Å². The van der Waals surface area contributed by atoms with E-state index in [1.165, 1.54) is 5.57 Å². The van der Waals surface area contributed by atoms with Gasteiger partial charge in [0.25, 0.3) is 0 Å². The summed E-state index contributed by atoms with van der Waals surface area (Å²) >= 11 is 1.55. The van der Waals surface area contributed by atoms with Crippen molar-refractivity contribution in [3.05, 3.63) is 33.8 Å². The highest BCUT2D eigenvalue weighted by atomic mass is 32.1. The van der Waals surface area contributed by atoms with E-state index in [9.17, 15) is 19.8 Å². The highest BCUT2D eigenvalue weighted by Gasteiger charge is 2.42. The summed E-state index contributed by atoms with van der Waals surface area (Å²) in [6.45, 7) is 10.9. The molecule has 1 aromatic rings. The average molecular weight is 478 g/mol. The second-order valence-electron chi connectivity index (χ2n) is 9.92. The third-order valence-corrected chi connectivity index (χ3v) is 7.46. The summed E-state index contributed by atoms with van der Waals surface area (Å²) in [5.41, 5.74) is 0.818. The average Bonchev–Trinajstić information content (AvgIpc) is 3.18. The number of allylic oxidation sites excluding steroid dienone is 1. The van der Waals surface area contributed by atoms with Gasteiger partial charge >= 0.3 is 5.97 Å². The van der Waals surface area contributed by atoms with Crippen LogP contribution >= 0.6 is 11.3 Å². The first-order valence-electron chi connectivity index (χ1n) is 11.8. The topological polar surface area (TPSA) is 96.7 Å². The first-order valence-corrected chi connectivity index (χ1v) is 12.7. The third-order valence-electron chi connectivity index (χ3n) is 6.67. The molecular weight excluding hydrogens is 438 g/mol. The molecule has 0 fully saturated rings. The van der Waals surface area contributed by atoms with E-state index in [2.05, 4.69) is 18.0 Å². The van der Waals surface area contributed by atoms with Crippen LogP contribution in [0.2, 0.25) is 0 Å². The number of aliphatic hydroxyl groups is 2. The van der Waals surface area contributed by atoms with Gasteiger partial charge in [-0.2, -0.15) is 0 Å². The number of ether oxygens (including phenoxy) is 1. The number of Topliss-reactive ketones (excluding diaryl/α,β-unsaturated/α-hetero) is 1. The van der Waals surface area contributed by atoms with Crippen molar-refractivity contribution in [2.24, 2.45) is 17.3 Å². The molecule has 0 aromatic carbocycles. The van der Waals surface area contributed by atoms with E-state index in [-0.39, 0.29) is 18.1 Å². The molecule has 2 heterocycles. The standard InChI is InChI=1S/C26H39NO5S/c1-16-8-7-9-17(2)24(30)18(3)25(31)26(5,6)22(28)14-23(29)32-21(12-10-16)13-11-20-15-33-19(4)27-20/h10-11,13,15,17-18,21-22,24,28,30H,7-9,12,14H2,1-6H3/t17-,18+,21-,22-,24-/m0/s1. The molecule has 7 heteroatoms. The van der Waals surface area contributed by atoms with Gasteiger partial charge in [0.05, 0.1) is 34.7 Å². The molecular formula is C26H39NO5S. The van der Waals surface area contributed by atoms with Crippen LogP contribution in [-0.2, 0) is 14.3 Å². The maximum Gasteiger partial charge on any atom is 0.309 e. The fourth-order valence-electron chi connectivity index (χ4n) is 4.15. The normalized spacial score (nSPS) is 30.8. The first-order chi connectivity index (χ1) is 15.4. The lowest BCUT2D eigenvalue weighted by atomic mass is 9.73. The number of aromatic nitrogens is 1. The Morgan fingerprint density at radius 1 is 1.21 bits per heavy atom. The smallest absolute Gasteiger partial charge is 0.309 e. The summed E-state index contributed by atoms with van der Waals surface area (Å²) in [5, 5.41) is 24.4. The molecule has 6 nitrogen and oxygen atoms in total. The zero-order chi connectivity index (χ0) is 24.8. The number of hydrogen-bond donors (Lipinski definition) is 2. The fourth-order valence-corrected chi connectivity index (χ4v) is 4.73. The summed E-state index contributed by atoms with van der Waals surface area (Å²) in [4.78, 5) is 30.2. The predicted molar refractivity (Wildman–Crippen MR) is 132 cm³/mol. The van der Waals surface area contributed by atoms with Crippen LogP contribution in [0, 0.1) is 24.2 Å². The van der Waals surface area contributed by atoms with E-state index in [1.807, 2.05) is 31.4 Å². The molecule has 1 aromatic heterocycles. The van der Waals surface area contributed by atoms with Gasteiger partial charge in [-0.25, -0.2) is 4.98 Å². The molecule has 0 amide bonds. The number of cyclic esters (lactones) is 1. The Morgan fingerprint density at radius 3 is 2.55 bits per heavy atom. The zero-order valence-electron chi connectivity index (χ0n) is 20.7. The number of thiazole rings is 1. The van der Waals surface area contributed by atoms with Crippen LogP contribution in [0.25, 0.3) is 6.08 Å². The van der Waals surface area contributed by atoms with Crippen molar-refractivity contribution >= 4 is 29.2 Å². The van der Waals surface area contributed by atoms with Crippen molar-refractivity contribution in [2.45, 2.75) is 92.0 Å². The van der Waals surface area contributed by atoms with Crippen LogP contribution in [-0.4, -0.2) is 45.3 Å². The minimum absolute atomic E-state index is 0.0418. The van der Waals surface area contributed by atoms with Crippen molar-refractivity contribution < 1.29 is 24.5 Å². The van der Waals surface area contributed by atoms with Crippen LogP contribution in [0.4, 0.5) is 0 Å². The molecule has 2 rings (SSSR count). The van der Waals surface area contributed by atoms with Crippen molar-refractivity contribution in [3.63, 3.8) is 0 Å². The fraction of sp³-hybridized carbons (Fsp3) is 0.654. The monoisotopic (exact) mass is 477 g/mol. The van der Waals surface area contributed by atoms with E-state index in [0.29, 0.717) is 6.42 Å². The lowest BCUT2D eigenvalue weighted by Crippen LogP contribution is -2.45. The van der Waals surface area contributed by atoms with Gasteiger partial charge in [-0.05, 0) is 51.2 Å². The Morgan fingerprint density at radius 2 is 1.91 bits per heavy atom. The number of carbonyl (C=O) groups is 2. The van der Waals surface area contributed by atoms with E-state index in [4.69, 9.17) is 4.74 Å². The van der Waals surface area contributed by atoms with Gasteiger partial charge in [0, 0.05) is 17.7 Å². The molecule has 0 spiro atoms. The zero-order valence-corrected chi connectivity index (χ0v) is 21.5. The molecule has 5 atom stereocenters. The molecule has 2 N–H and O–H groups in total. The highest BCUT2D eigenvalue weighted by Crippen LogP contribution is 2.32. The summed E-state index contributed by atoms with van der Waals surface area (Å²) < 4.78 is 5.68. The van der Waals surface area contributed by atoms with Crippen molar-refractivity contribution in [1.29, 1.82) is 0 Å². The molecule has 184 valence electrons. The van der Waals surface area contributed by atoms with Crippen molar-refractivity contribution in [2.75, 3.05) is 0 Å². The van der Waals surface area contributed by atoms with Gasteiger partial charge in [0.2, 0.25) is 0 Å². The van der Waals surface area contributed by atoms with Gasteiger partial charge in [0.15, 0.2) is 0 Å². The van der Waals surface area contributed by atoms with E-state index >= 15 is 0 Å². The van der Waals surface area contributed by atoms with E-state index < -0.39 is 35.6 Å². The first kappa shape index (κ1) is 27.4. The van der Waals surface area contributed by atoms with Crippen LogP contribution in [0.3, 0.4) is 0 Å². The number of hydrogen-bond acceptors (Lipinski definition) is 7. The molecule has 0 saturated heterocycles. The molecule has 1 aliphatic rings. The number of aryl methyl sites for hydroxylation is 1. The number of aliphatic hydroxyl groups excluding tert-OH is 2. The highest BCUT2D eigenvalue weighted by molar-refractivity contribution is 7.09. The quantitative estimate of drug-likeness (QED) is 0.466. The van der Waals surface area contributed by atoms with E-state index in [1.54, 1.807) is 32.1 Å². The Kier molecular flexibility index (Phi) is 10.0. The van der Waals surface area contributed by atoms with Gasteiger partial charge in [-0.15, -0.1) is 11.3 Å². The van der Waals surface area contributed by atoms with Crippen LogP contribution < -0.4 is 0 Å². The number of ketones is 1. The molecule has 0 saturated carbocycles. The Labute approximate surface area is 201 Å². The number of nitrogens with zero attached hydrogens (tertiary/aromatic N) is 1. The summed E-state index contributed by atoms with van der Waals surface area (Å²) in [6.07, 6.45) is 6.04. The minimum atomic E-state index is -1.21. The number of carbonyl (C=O) groups excluding carboxylic acids is 2. The second kappa shape index (κ2) is 12.0. The molecule has 1 aliphatic heterocycles.